The number of rotatable bonds is 4. The third-order valence-corrected chi connectivity index (χ3v) is 5.57. The molecule has 2 heterocycles. The maximum Gasteiger partial charge on any atom is 0.260 e. The van der Waals surface area contributed by atoms with Crippen LogP contribution < -0.4 is 4.72 Å². The average Bonchev–Trinajstić information content (AvgIpc) is 3.01. The largest absolute Gasteiger partial charge is 0.339 e. The van der Waals surface area contributed by atoms with Crippen LogP contribution >= 0.6 is 0 Å². The van der Waals surface area contributed by atoms with E-state index >= 15 is 0 Å². The predicted octanol–water partition coefficient (Wildman–Crippen LogP) is 0.844. The summed E-state index contributed by atoms with van der Waals surface area (Å²) in [6.07, 6.45) is 3.58. The molecule has 1 unspecified atom stereocenters. The van der Waals surface area contributed by atoms with Gasteiger partial charge in [-0.3, -0.25) is 4.79 Å². The molecule has 0 spiro atoms. The summed E-state index contributed by atoms with van der Waals surface area (Å²) >= 11 is 0. The topological polar surface area (TPSA) is 84.3 Å². The van der Waals surface area contributed by atoms with Crippen LogP contribution in [-0.2, 0) is 28.3 Å². The summed E-state index contributed by atoms with van der Waals surface area (Å²) < 4.78 is 28.2. The lowest BCUT2D eigenvalue weighted by Gasteiger charge is -2.35. The SMILES string of the molecule is CC1c2ccccc2CCN1C(=O)CNS(=O)(=O)c1cn(C)cn1. The van der Waals surface area contributed by atoms with Crippen molar-refractivity contribution in [2.75, 3.05) is 13.1 Å². The number of aryl methyl sites for hydroxylation is 1. The van der Waals surface area contributed by atoms with Gasteiger partial charge < -0.3 is 9.47 Å². The van der Waals surface area contributed by atoms with Crippen molar-refractivity contribution >= 4 is 15.9 Å². The van der Waals surface area contributed by atoms with Gasteiger partial charge in [-0.1, -0.05) is 24.3 Å². The number of nitrogens with zero attached hydrogens (tertiary/aromatic N) is 3. The quantitative estimate of drug-likeness (QED) is 0.887. The Morgan fingerprint density at radius 2 is 2.12 bits per heavy atom. The third-order valence-electron chi connectivity index (χ3n) is 4.29. The molecule has 128 valence electrons. The molecule has 0 saturated carbocycles. The first-order valence-electron chi connectivity index (χ1n) is 7.73. The molecule has 1 atom stereocenters. The maximum absolute atomic E-state index is 12.5. The Kier molecular flexibility index (Phi) is 4.42. The van der Waals surface area contributed by atoms with E-state index in [1.165, 1.54) is 18.1 Å². The number of aromatic nitrogens is 2. The van der Waals surface area contributed by atoms with E-state index in [2.05, 4.69) is 15.8 Å². The van der Waals surface area contributed by atoms with Crippen LogP contribution in [0.15, 0.2) is 41.8 Å². The molecule has 0 aliphatic carbocycles. The Labute approximate surface area is 141 Å². The van der Waals surface area contributed by atoms with E-state index in [1.54, 1.807) is 16.5 Å². The van der Waals surface area contributed by atoms with E-state index in [4.69, 9.17) is 0 Å². The van der Waals surface area contributed by atoms with Crippen LogP contribution in [0.2, 0.25) is 0 Å². The van der Waals surface area contributed by atoms with E-state index in [-0.39, 0.29) is 23.5 Å². The molecule has 0 bridgehead atoms. The third kappa shape index (κ3) is 3.20. The molecular formula is C16H20N4O3S. The maximum atomic E-state index is 12.5. The van der Waals surface area contributed by atoms with Gasteiger partial charge in [0.05, 0.1) is 18.9 Å². The second kappa shape index (κ2) is 6.37. The minimum atomic E-state index is -3.78. The number of amides is 1. The zero-order valence-corrected chi connectivity index (χ0v) is 14.5. The van der Waals surface area contributed by atoms with Crippen LogP contribution in [0.5, 0.6) is 0 Å². The second-order valence-corrected chi connectivity index (χ2v) is 7.63. The van der Waals surface area contributed by atoms with Gasteiger partial charge in [-0.15, -0.1) is 0 Å². The molecule has 2 aromatic rings. The molecule has 1 aliphatic heterocycles. The second-order valence-electron chi connectivity index (χ2n) is 5.91. The van der Waals surface area contributed by atoms with Gasteiger partial charge in [-0.05, 0) is 24.5 Å². The summed E-state index contributed by atoms with van der Waals surface area (Å²) in [7, 11) is -2.10. The van der Waals surface area contributed by atoms with Crippen LogP contribution in [-0.4, -0.2) is 41.9 Å². The van der Waals surface area contributed by atoms with Crippen molar-refractivity contribution in [1.82, 2.24) is 19.2 Å². The molecule has 8 heteroatoms. The molecule has 0 fully saturated rings. The zero-order valence-electron chi connectivity index (χ0n) is 13.6. The molecule has 1 aromatic heterocycles. The van der Waals surface area contributed by atoms with Gasteiger partial charge in [0.25, 0.3) is 10.0 Å². The van der Waals surface area contributed by atoms with Crippen LogP contribution in [0.4, 0.5) is 0 Å². The Hall–Kier alpha value is -2.19. The van der Waals surface area contributed by atoms with Crippen LogP contribution in [0.3, 0.4) is 0 Å². The number of benzene rings is 1. The number of nitrogens with one attached hydrogen (secondary N) is 1. The summed E-state index contributed by atoms with van der Waals surface area (Å²) in [6, 6.07) is 7.95. The zero-order chi connectivity index (χ0) is 17.3. The molecule has 0 radical (unpaired) electrons. The first-order chi connectivity index (χ1) is 11.4. The predicted molar refractivity (Wildman–Crippen MR) is 88.7 cm³/mol. The first-order valence-corrected chi connectivity index (χ1v) is 9.22. The highest BCUT2D eigenvalue weighted by molar-refractivity contribution is 7.89. The summed E-state index contributed by atoms with van der Waals surface area (Å²) in [4.78, 5) is 18.0. The van der Waals surface area contributed by atoms with Gasteiger partial charge in [-0.2, -0.15) is 0 Å². The van der Waals surface area contributed by atoms with E-state index in [1.807, 2.05) is 25.1 Å². The van der Waals surface area contributed by atoms with Gasteiger partial charge in [0.1, 0.15) is 0 Å². The molecule has 1 aliphatic rings. The summed E-state index contributed by atoms with van der Waals surface area (Å²) in [5, 5.41) is -0.0881. The molecule has 1 N–H and O–H groups in total. The Morgan fingerprint density at radius 1 is 1.38 bits per heavy atom. The monoisotopic (exact) mass is 348 g/mol. The van der Waals surface area contributed by atoms with Gasteiger partial charge in [-0.25, -0.2) is 18.1 Å². The normalized spacial score (nSPS) is 17.6. The van der Waals surface area contributed by atoms with E-state index < -0.39 is 10.0 Å². The standard InChI is InChI=1S/C16H20N4O3S/c1-12-14-6-4-3-5-13(14)7-8-20(12)16(21)9-18-24(22,23)15-10-19(2)11-17-15/h3-6,10-12,18H,7-9H2,1-2H3. The molecule has 7 nitrogen and oxygen atoms in total. The lowest BCUT2D eigenvalue weighted by molar-refractivity contribution is -0.132. The molecule has 3 rings (SSSR count). The Morgan fingerprint density at radius 3 is 2.83 bits per heavy atom. The number of carbonyl (C=O) groups is 1. The fourth-order valence-electron chi connectivity index (χ4n) is 2.97. The van der Waals surface area contributed by atoms with Crippen molar-refractivity contribution in [3.63, 3.8) is 0 Å². The van der Waals surface area contributed by atoms with Crippen molar-refractivity contribution in [3.05, 3.63) is 47.9 Å². The highest BCUT2D eigenvalue weighted by Crippen LogP contribution is 2.28. The first kappa shape index (κ1) is 16.7. The summed E-state index contributed by atoms with van der Waals surface area (Å²) in [6.45, 7) is 2.27. The minimum absolute atomic E-state index is 0.0678. The van der Waals surface area contributed by atoms with Crippen LogP contribution in [0.1, 0.15) is 24.1 Å². The number of hydrogen-bond donors (Lipinski definition) is 1. The Bertz CT molecular complexity index is 860. The minimum Gasteiger partial charge on any atom is -0.339 e. The van der Waals surface area contributed by atoms with Crippen molar-refractivity contribution in [1.29, 1.82) is 0 Å². The van der Waals surface area contributed by atoms with E-state index in [0.717, 1.165) is 12.0 Å². The lowest BCUT2D eigenvalue weighted by atomic mass is 9.93. The highest BCUT2D eigenvalue weighted by Gasteiger charge is 2.28. The molecule has 1 aromatic carbocycles. The molecule has 0 saturated heterocycles. The lowest BCUT2D eigenvalue weighted by Crippen LogP contribution is -2.44. The smallest absolute Gasteiger partial charge is 0.260 e. The molecule has 1 amide bonds. The number of hydrogen-bond acceptors (Lipinski definition) is 4. The van der Waals surface area contributed by atoms with E-state index in [0.29, 0.717) is 6.54 Å². The summed E-state index contributed by atoms with van der Waals surface area (Å²) in [5.41, 5.74) is 2.35. The van der Waals surface area contributed by atoms with Gasteiger partial charge in [0.15, 0.2) is 5.03 Å². The summed E-state index contributed by atoms with van der Waals surface area (Å²) in [5.74, 6) is -0.239. The van der Waals surface area contributed by atoms with Crippen molar-refractivity contribution in [2.45, 2.75) is 24.4 Å². The van der Waals surface area contributed by atoms with Crippen LogP contribution in [0.25, 0.3) is 0 Å². The fraction of sp³-hybridized carbons (Fsp3) is 0.375. The molecule has 24 heavy (non-hydrogen) atoms. The molecular weight excluding hydrogens is 328 g/mol. The number of carbonyl (C=O) groups excluding carboxylic acids is 1. The highest BCUT2D eigenvalue weighted by atomic mass is 32.2. The van der Waals surface area contributed by atoms with Crippen molar-refractivity contribution < 1.29 is 13.2 Å². The fourth-order valence-corrected chi connectivity index (χ4v) is 3.92. The van der Waals surface area contributed by atoms with E-state index in [9.17, 15) is 13.2 Å². The van der Waals surface area contributed by atoms with Crippen molar-refractivity contribution in [2.24, 2.45) is 7.05 Å². The number of sulfonamides is 1. The van der Waals surface area contributed by atoms with Crippen LogP contribution in [0, 0.1) is 0 Å². The van der Waals surface area contributed by atoms with Gasteiger partial charge >= 0.3 is 0 Å². The Balaban J connectivity index is 1.68. The van der Waals surface area contributed by atoms with Crippen molar-refractivity contribution in [3.8, 4) is 0 Å². The van der Waals surface area contributed by atoms with Gasteiger partial charge in [0.2, 0.25) is 5.91 Å². The number of fused-ring (bicyclic) bond motifs is 1. The van der Waals surface area contributed by atoms with Gasteiger partial charge in [0, 0.05) is 19.8 Å². The average molecular weight is 348 g/mol. The number of imidazole rings is 1.